The minimum absolute atomic E-state index is 0.837. The molecule has 0 saturated carbocycles. The first-order valence-electron chi connectivity index (χ1n) is 22.0. The fourth-order valence-electron chi connectivity index (χ4n) is 8.82. The molecule has 0 bridgehead atoms. The fraction of sp³-hybridized carbons (Fsp3) is 0.974. The lowest BCUT2D eigenvalue weighted by molar-refractivity contribution is -0.396. The molecule has 6 heterocycles. The van der Waals surface area contributed by atoms with Crippen LogP contribution < -0.4 is 0 Å². The normalized spacial score (nSPS) is 51.5. The van der Waals surface area contributed by atoms with E-state index >= 15 is 0 Å². The number of aliphatic hydroxyl groups excluding tert-OH is 19. The number of ether oxygens (including phenoxy) is 12. The summed E-state index contributed by atoms with van der Waals surface area (Å²) >= 11 is 0. The lowest BCUT2D eigenvalue weighted by Crippen LogP contribution is -2.68. The Bertz CT molecular complexity index is 1610. The molecule has 6 aliphatic heterocycles. The van der Waals surface area contributed by atoms with E-state index in [-0.39, 0.29) is 0 Å². The van der Waals surface area contributed by atoms with Crippen molar-refractivity contribution in [2.75, 3.05) is 39.6 Å². The Morgan fingerprint density at radius 1 is 0.314 bits per heavy atom. The predicted molar refractivity (Wildman–Crippen MR) is 209 cm³/mol. The Balaban J connectivity index is 1.11. The zero-order valence-corrected chi connectivity index (χ0v) is 36.9. The van der Waals surface area contributed by atoms with Gasteiger partial charge in [-0.15, -0.1) is 0 Å². The zero-order valence-electron chi connectivity index (χ0n) is 36.9. The van der Waals surface area contributed by atoms with Gasteiger partial charge in [-0.2, -0.15) is 0 Å². The van der Waals surface area contributed by atoms with Gasteiger partial charge >= 0.3 is 5.97 Å². The minimum atomic E-state index is -2.21. The van der Waals surface area contributed by atoms with Gasteiger partial charge in [0, 0.05) is 6.92 Å². The van der Waals surface area contributed by atoms with Crippen LogP contribution in [-0.2, 0) is 61.6 Å². The molecule has 0 spiro atoms. The predicted octanol–water partition coefficient (Wildman–Crippen LogP) is -13.5. The molecule has 0 aliphatic carbocycles. The van der Waals surface area contributed by atoms with Crippen molar-refractivity contribution in [1.29, 1.82) is 0 Å². The summed E-state index contributed by atoms with van der Waals surface area (Å²) in [5, 5.41) is 200. The first-order chi connectivity index (χ1) is 33.2. The second kappa shape index (κ2) is 24.7. The highest BCUT2D eigenvalue weighted by atomic mass is 16.8. The van der Waals surface area contributed by atoms with E-state index in [0.29, 0.717) is 0 Å². The van der Waals surface area contributed by atoms with E-state index in [9.17, 15) is 102 Å². The molecule has 6 fully saturated rings. The average molecular weight is 1030 g/mol. The molecule has 32 heteroatoms. The van der Waals surface area contributed by atoms with Gasteiger partial charge in [0.15, 0.2) is 43.8 Å². The first-order valence-corrected chi connectivity index (χ1v) is 22.0. The van der Waals surface area contributed by atoms with Crippen LogP contribution in [0.5, 0.6) is 0 Å². The van der Waals surface area contributed by atoms with Crippen molar-refractivity contribution >= 4 is 5.97 Å². The summed E-state index contributed by atoms with van der Waals surface area (Å²) in [4.78, 5) is 12.3. The van der Waals surface area contributed by atoms with Crippen LogP contribution in [0.15, 0.2) is 0 Å². The van der Waals surface area contributed by atoms with Crippen molar-refractivity contribution in [2.45, 2.75) is 191 Å². The van der Waals surface area contributed by atoms with E-state index in [0.717, 1.165) is 6.92 Å². The van der Waals surface area contributed by atoms with Gasteiger partial charge in [0.1, 0.15) is 140 Å². The number of hydrogen-bond acceptors (Lipinski definition) is 32. The molecule has 0 aromatic heterocycles. The molecule has 19 N–H and O–H groups in total. The largest absolute Gasteiger partial charge is 0.454 e. The van der Waals surface area contributed by atoms with Gasteiger partial charge in [-0.1, -0.05) is 0 Å². The standard InChI is InChI=1S/C38H64O32/c1-8(45)59-32-26(57)31(14(7-44)65-38(32)70-30-13(6-43)64-35(25(56)20(30)51)66-27-10(3-40)60-33(58)21(52)17(27)48)69-37-24(55)19(50)29(12(5-42)63-37)68-36-23(54)18(49)28(11(4-41)62-36)67-34-22(53)16(47)15(46)9(2-39)61-34/h9-44,46-58H,2-7H2,1H3/t9-,10-,11-,12-,13-,14-,15-,16+,17-,18-,19-,20-,21-,22-,23-,24-,25-,26+,27-,28-,29-,30-,31-,32-,33+,34-,35-,36-,37-,38-/m1/s1. The molecule has 32 nitrogen and oxygen atoms in total. The highest BCUT2D eigenvalue weighted by molar-refractivity contribution is 5.66. The minimum Gasteiger partial charge on any atom is -0.454 e. The van der Waals surface area contributed by atoms with Crippen LogP contribution in [0.1, 0.15) is 6.92 Å². The van der Waals surface area contributed by atoms with Crippen LogP contribution in [0.4, 0.5) is 0 Å². The van der Waals surface area contributed by atoms with Crippen LogP contribution in [0.3, 0.4) is 0 Å². The molecule has 6 rings (SSSR count). The molecular formula is C38H64O32. The molecule has 70 heavy (non-hydrogen) atoms. The maximum Gasteiger partial charge on any atom is 0.303 e. The molecule has 6 aliphatic rings. The number of carbonyl (C=O) groups is 1. The van der Waals surface area contributed by atoms with Crippen LogP contribution >= 0.6 is 0 Å². The molecule has 30 atom stereocenters. The smallest absolute Gasteiger partial charge is 0.303 e. The van der Waals surface area contributed by atoms with E-state index in [4.69, 9.17) is 56.8 Å². The fourth-order valence-corrected chi connectivity index (χ4v) is 8.82. The number of carbonyl (C=O) groups excluding carboxylic acids is 1. The molecule has 0 amide bonds. The van der Waals surface area contributed by atoms with Crippen molar-refractivity contribution < 1.29 is 159 Å². The maximum atomic E-state index is 12.3. The van der Waals surface area contributed by atoms with Gasteiger partial charge in [0.05, 0.1) is 39.6 Å². The summed E-state index contributed by atoms with van der Waals surface area (Å²) in [6, 6.07) is 0. The van der Waals surface area contributed by atoms with Crippen molar-refractivity contribution in [3.05, 3.63) is 0 Å². The number of hydrogen-bond donors (Lipinski definition) is 19. The van der Waals surface area contributed by atoms with E-state index in [1.165, 1.54) is 0 Å². The average Bonchev–Trinajstić information content (AvgIpc) is 3.34. The summed E-state index contributed by atoms with van der Waals surface area (Å²) in [6.07, 6.45) is -56.9. The highest BCUT2D eigenvalue weighted by Gasteiger charge is 2.58. The second-order valence-electron chi connectivity index (χ2n) is 17.3. The van der Waals surface area contributed by atoms with Gasteiger partial charge in [-0.05, 0) is 0 Å². The van der Waals surface area contributed by atoms with Gasteiger partial charge in [0.25, 0.3) is 0 Å². The first kappa shape index (κ1) is 57.5. The van der Waals surface area contributed by atoms with Crippen molar-refractivity contribution in [3.8, 4) is 0 Å². The van der Waals surface area contributed by atoms with Gasteiger partial charge < -0.3 is 154 Å². The summed E-state index contributed by atoms with van der Waals surface area (Å²) in [5.74, 6) is -1.08. The molecule has 6 saturated heterocycles. The molecule has 0 aromatic carbocycles. The van der Waals surface area contributed by atoms with Gasteiger partial charge in [0.2, 0.25) is 0 Å². The van der Waals surface area contributed by atoms with E-state index < -0.39 is 230 Å². The SMILES string of the molecule is CC(=O)O[C@H]1[C@@H](O[C@H]2[C@H](O)[C@@H](O)[C@@H](O[C@H]3[C@H](O)[C@@H](O)[C@@H](O)O[C@@H]3CO)O[C@@H]2CO)O[C@H](CO)[C@@H](O[C@H]2O[C@H](CO)[C@@H](O[C@H]3O[C@H](CO)[C@@H](O[C@H]4O[C@H](CO)[C@@H](O)[C@H](O)[C@H]4O)[C@H](O)[C@H]3O)[C@H](O)[C@H]2O)[C@@H]1O. The van der Waals surface area contributed by atoms with Crippen LogP contribution in [-0.4, -0.2) is 327 Å². The van der Waals surface area contributed by atoms with Gasteiger partial charge in [-0.25, -0.2) is 0 Å². The van der Waals surface area contributed by atoms with Gasteiger partial charge in [-0.3, -0.25) is 4.79 Å². The summed E-state index contributed by atoms with van der Waals surface area (Å²) in [5.41, 5.74) is 0. The second-order valence-corrected chi connectivity index (χ2v) is 17.3. The molecule has 0 aromatic rings. The Labute approximate surface area is 395 Å². The van der Waals surface area contributed by atoms with Crippen molar-refractivity contribution in [2.24, 2.45) is 0 Å². The van der Waals surface area contributed by atoms with Crippen LogP contribution in [0.2, 0.25) is 0 Å². The maximum absolute atomic E-state index is 12.3. The lowest BCUT2D eigenvalue weighted by atomic mass is 9.95. The topological polar surface area (TPSA) is 512 Å². The third-order valence-corrected chi connectivity index (χ3v) is 12.7. The Hall–Kier alpha value is -1.73. The Morgan fingerprint density at radius 3 is 0.929 bits per heavy atom. The number of aliphatic hydroxyl groups is 19. The quantitative estimate of drug-likeness (QED) is 0.0602. The summed E-state index contributed by atoms with van der Waals surface area (Å²) in [6.45, 7) is -4.88. The van der Waals surface area contributed by atoms with E-state index in [1.807, 2.05) is 0 Å². The zero-order chi connectivity index (χ0) is 51.6. The summed E-state index contributed by atoms with van der Waals surface area (Å²) < 4.78 is 66.4. The van der Waals surface area contributed by atoms with E-state index in [1.54, 1.807) is 0 Å². The third kappa shape index (κ3) is 11.9. The van der Waals surface area contributed by atoms with Crippen LogP contribution in [0, 0.1) is 0 Å². The highest BCUT2D eigenvalue weighted by Crippen LogP contribution is 2.37. The summed E-state index contributed by atoms with van der Waals surface area (Å²) in [7, 11) is 0. The Kier molecular flexibility index (Phi) is 20.3. The molecule has 408 valence electrons. The molecule has 0 radical (unpaired) electrons. The molecule has 0 unspecified atom stereocenters. The Morgan fingerprint density at radius 2 is 0.586 bits per heavy atom. The van der Waals surface area contributed by atoms with Crippen molar-refractivity contribution in [3.63, 3.8) is 0 Å². The number of rotatable bonds is 17. The van der Waals surface area contributed by atoms with E-state index in [2.05, 4.69) is 0 Å². The van der Waals surface area contributed by atoms with Crippen molar-refractivity contribution in [1.82, 2.24) is 0 Å². The van der Waals surface area contributed by atoms with Crippen LogP contribution in [0.25, 0.3) is 0 Å². The number of esters is 1. The monoisotopic (exact) mass is 1030 g/mol. The third-order valence-electron chi connectivity index (χ3n) is 12.7. The lowest BCUT2D eigenvalue weighted by Gasteiger charge is -2.50. The molecular weight excluding hydrogens is 968 g/mol.